The molecule has 150 valence electrons. The zero-order valence-corrected chi connectivity index (χ0v) is 15.5. The SMILES string of the molecule is O=C(Nc1ccccc1C(=O)N/N=C\c1ccc(O)cc1)c1ccc([N+](=O)[O-])cc1. The second-order valence-electron chi connectivity index (χ2n) is 6.09. The highest BCUT2D eigenvalue weighted by Gasteiger charge is 2.14. The topological polar surface area (TPSA) is 134 Å². The molecule has 3 N–H and O–H groups in total. The zero-order valence-electron chi connectivity index (χ0n) is 15.5. The van der Waals surface area contributed by atoms with Gasteiger partial charge in [0.1, 0.15) is 5.75 Å². The number of amides is 2. The maximum atomic E-state index is 12.5. The number of nitrogens with zero attached hydrogens (tertiary/aromatic N) is 2. The molecule has 9 heteroatoms. The molecular formula is C21H16N4O5. The largest absolute Gasteiger partial charge is 0.508 e. The highest BCUT2D eigenvalue weighted by Crippen LogP contribution is 2.18. The summed E-state index contributed by atoms with van der Waals surface area (Å²) in [6.45, 7) is 0. The number of carbonyl (C=O) groups excluding carboxylic acids is 2. The number of nitro groups is 1. The Morgan fingerprint density at radius 2 is 1.60 bits per heavy atom. The monoisotopic (exact) mass is 404 g/mol. The molecule has 0 fully saturated rings. The van der Waals surface area contributed by atoms with Crippen LogP contribution in [0.3, 0.4) is 0 Å². The first-order valence-corrected chi connectivity index (χ1v) is 8.71. The Hall–Kier alpha value is -4.53. The predicted molar refractivity (Wildman–Crippen MR) is 111 cm³/mol. The predicted octanol–water partition coefficient (Wildman–Crippen LogP) is 3.32. The van der Waals surface area contributed by atoms with Crippen LogP contribution in [0.15, 0.2) is 77.9 Å². The van der Waals surface area contributed by atoms with Crippen molar-refractivity contribution in [3.63, 3.8) is 0 Å². The number of hydrogen-bond donors (Lipinski definition) is 3. The van der Waals surface area contributed by atoms with Crippen molar-refractivity contribution in [2.45, 2.75) is 0 Å². The van der Waals surface area contributed by atoms with Crippen molar-refractivity contribution >= 4 is 29.4 Å². The molecule has 3 aromatic rings. The number of anilines is 1. The fourth-order valence-electron chi connectivity index (χ4n) is 2.51. The molecule has 0 aliphatic carbocycles. The summed E-state index contributed by atoms with van der Waals surface area (Å²) in [4.78, 5) is 35.1. The van der Waals surface area contributed by atoms with E-state index in [-0.39, 0.29) is 28.3 Å². The normalized spacial score (nSPS) is 10.5. The van der Waals surface area contributed by atoms with Gasteiger partial charge in [0.05, 0.1) is 22.4 Å². The molecule has 3 rings (SSSR count). The molecule has 0 unspecified atom stereocenters. The minimum atomic E-state index is -0.556. The Kier molecular flexibility index (Phi) is 6.14. The number of carbonyl (C=O) groups is 2. The van der Waals surface area contributed by atoms with Crippen molar-refractivity contribution in [2.24, 2.45) is 5.10 Å². The second kappa shape index (κ2) is 9.11. The molecule has 0 heterocycles. The number of phenols is 1. The van der Waals surface area contributed by atoms with E-state index < -0.39 is 16.7 Å². The lowest BCUT2D eigenvalue weighted by Gasteiger charge is -2.10. The van der Waals surface area contributed by atoms with Gasteiger partial charge in [-0.15, -0.1) is 0 Å². The Balaban J connectivity index is 1.70. The Morgan fingerprint density at radius 3 is 2.27 bits per heavy atom. The molecule has 0 saturated heterocycles. The third-order valence-electron chi connectivity index (χ3n) is 4.03. The van der Waals surface area contributed by atoms with Crippen LogP contribution >= 0.6 is 0 Å². The average molecular weight is 404 g/mol. The minimum Gasteiger partial charge on any atom is -0.508 e. The standard InChI is InChI=1S/C21H16N4O5/c26-17-11-5-14(6-12-17)13-22-24-21(28)18-3-1-2-4-19(18)23-20(27)15-7-9-16(10-8-15)25(29)30/h1-13,26H,(H,23,27)(H,24,28)/b22-13-. The summed E-state index contributed by atoms with van der Waals surface area (Å²) in [6, 6.07) is 17.7. The third kappa shape index (κ3) is 5.04. The van der Waals surface area contributed by atoms with E-state index in [4.69, 9.17) is 0 Å². The lowest BCUT2D eigenvalue weighted by atomic mass is 10.1. The molecule has 0 aliphatic rings. The van der Waals surface area contributed by atoms with Crippen LogP contribution in [-0.2, 0) is 0 Å². The van der Waals surface area contributed by atoms with E-state index in [9.17, 15) is 24.8 Å². The summed E-state index contributed by atoms with van der Waals surface area (Å²) in [6.07, 6.45) is 1.41. The first-order valence-electron chi connectivity index (χ1n) is 8.71. The van der Waals surface area contributed by atoms with Crippen LogP contribution in [-0.4, -0.2) is 28.1 Å². The van der Waals surface area contributed by atoms with Gasteiger partial charge in [0, 0.05) is 17.7 Å². The van der Waals surface area contributed by atoms with Crippen LogP contribution in [0.4, 0.5) is 11.4 Å². The van der Waals surface area contributed by atoms with Gasteiger partial charge in [-0.25, -0.2) is 5.43 Å². The van der Waals surface area contributed by atoms with E-state index in [1.807, 2.05) is 0 Å². The molecule has 3 aromatic carbocycles. The molecule has 0 aromatic heterocycles. The summed E-state index contributed by atoms with van der Waals surface area (Å²) >= 11 is 0. The van der Waals surface area contributed by atoms with Crippen molar-refractivity contribution in [1.82, 2.24) is 5.43 Å². The van der Waals surface area contributed by atoms with E-state index in [0.29, 0.717) is 5.56 Å². The summed E-state index contributed by atoms with van der Waals surface area (Å²) < 4.78 is 0. The number of para-hydroxylation sites is 1. The van der Waals surface area contributed by atoms with Gasteiger partial charge >= 0.3 is 0 Å². The van der Waals surface area contributed by atoms with E-state index in [1.165, 1.54) is 48.7 Å². The van der Waals surface area contributed by atoms with E-state index in [2.05, 4.69) is 15.8 Å². The highest BCUT2D eigenvalue weighted by molar-refractivity contribution is 6.09. The third-order valence-corrected chi connectivity index (χ3v) is 4.03. The molecular weight excluding hydrogens is 388 g/mol. The smallest absolute Gasteiger partial charge is 0.273 e. The number of rotatable bonds is 6. The van der Waals surface area contributed by atoms with Crippen LogP contribution in [0, 0.1) is 10.1 Å². The number of phenolic OH excluding ortho intramolecular Hbond substituents is 1. The lowest BCUT2D eigenvalue weighted by Crippen LogP contribution is -2.21. The quantitative estimate of drug-likeness (QED) is 0.329. The van der Waals surface area contributed by atoms with Crippen molar-refractivity contribution in [2.75, 3.05) is 5.32 Å². The molecule has 0 radical (unpaired) electrons. The highest BCUT2D eigenvalue weighted by atomic mass is 16.6. The fraction of sp³-hybridized carbons (Fsp3) is 0. The molecule has 0 spiro atoms. The second-order valence-corrected chi connectivity index (χ2v) is 6.09. The van der Waals surface area contributed by atoms with E-state index >= 15 is 0 Å². The molecule has 0 atom stereocenters. The van der Waals surface area contributed by atoms with Crippen molar-refractivity contribution in [1.29, 1.82) is 0 Å². The van der Waals surface area contributed by atoms with Gasteiger partial charge in [0.15, 0.2) is 0 Å². The van der Waals surface area contributed by atoms with Gasteiger partial charge in [-0.05, 0) is 54.1 Å². The van der Waals surface area contributed by atoms with E-state index in [1.54, 1.807) is 30.3 Å². The van der Waals surface area contributed by atoms with Gasteiger partial charge < -0.3 is 10.4 Å². The number of hydrazone groups is 1. The van der Waals surface area contributed by atoms with Crippen LogP contribution in [0.2, 0.25) is 0 Å². The molecule has 0 aliphatic heterocycles. The number of nitro benzene ring substituents is 1. The van der Waals surface area contributed by atoms with Crippen LogP contribution < -0.4 is 10.7 Å². The van der Waals surface area contributed by atoms with Gasteiger partial charge in [-0.1, -0.05) is 12.1 Å². The van der Waals surface area contributed by atoms with Crippen LogP contribution in [0.1, 0.15) is 26.3 Å². The first-order chi connectivity index (χ1) is 14.4. The van der Waals surface area contributed by atoms with Crippen LogP contribution in [0.5, 0.6) is 5.75 Å². The van der Waals surface area contributed by atoms with Crippen molar-refractivity contribution < 1.29 is 19.6 Å². The van der Waals surface area contributed by atoms with Crippen molar-refractivity contribution in [3.8, 4) is 5.75 Å². The van der Waals surface area contributed by atoms with Gasteiger partial charge in [0.25, 0.3) is 17.5 Å². The lowest BCUT2D eigenvalue weighted by molar-refractivity contribution is -0.384. The molecule has 2 amide bonds. The van der Waals surface area contributed by atoms with Crippen LogP contribution in [0.25, 0.3) is 0 Å². The summed E-state index contributed by atoms with van der Waals surface area (Å²) in [7, 11) is 0. The Labute approximate surface area is 170 Å². The Bertz CT molecular complexity index is 1110. The molecule has 30 heavy (non-hydrogen) atoms. The molecule has 9 nitrogen and oxygen atoms in total. The summed E-state index contributed by atoms with van der Waals surface area (Å²) in [5.74, 6) is -0.934. The first kappa shape index (κ1) is 20.2. The molecule has 0 saturated carbocycles. The van der Waals surface area contributed by atoms with Gasteiger partial charge in [0.2, 0.25) is 0 Å². The average Bonchev–Trinajstić information content (AvgIpc) is 2.75. The maximum absolute atomic E-state index is 12.5. The fourth-order valence-corrected chi connectivity index (χ4v) is 2.51. The summed E-state index contributed by atoms with van der Waals surface area (Å²) in [5.41, 5.74) is 3.59. The van der Waals surface area contributed by atoms with E-state index in [0.717, 1.165) is 0 Å². The number of benzene rings is 3. The number of non-ortho nitro benzene ring substituents is 1. The zero-order chi connectivity index (χ0) is 21.5. The van der Waals surface area contributed by atoms with Crippen molar-refractivity contribution in [3.05, 3.63) is 99.6 Å². The van der Waals surface area contributed by atoms with Gasteiger partial charge in [-0.3, -0.25) is 19.7 Å². The summed E-state index contributed by atoms with van der Waals surface area (Å²) in [5, 5.41) is 26.5. The maximum Gasteiger partial charge on any atom is 0.273 e. The minimum absolute atomic E-state index is 0.119. The number of aromatic hydroxyl groups is 1. The Morgan fingerprint density at radius 1 is 0.933 bits per heavy atom. The molecule has 0 bridgehead atoms. The number of nitrogens with one attached hydrogen (secondary N) is 2. The van der Waals surface area contributed by atoms with Gasteiger partial charge in [-0.2, -0.15) is 5.10 Å². The number of hydrogen-bond acceptors (Lipinski definition) is 6.